The lowest BCUT2D eigenvalue weighted by Gasteiger charge is -2.16. The van der Waals surface area contributed by atoms with E-state index < -0.39 is 11.5 Å². The molecule has 5 nitrogen and oxygen atoms in total. The highest BCUT2D eigenvalue weighted by Crippen LogP contribution is 2.28. The number of benzene rings is 3. The summed E-state index contributed by atoms with van der Waals surface area (Å²) < 4.78 is 1.22. The summed E-state index contributed by atoms with van der Waals surface area (Å²) in [6.07, 6.45) is 0. The van der Waals surface area contributed by atoms with Gasteiger partial charge in [0.05, 0.1) is 5.39 Å². The minimum atomic E-state index is -0.552. The van der Waals surface area contributed by atoms with Crippen LogP contribution in [-0.2, 0) is 6.54 Å². The molecular formula is C23H17ClN2O3. The molecule has 4 aromatic rings. The molecule has 0 aliphatic heterocycles. The van der Waals surface area contributed by atoms with Crippen molar-refractivity contribution in [2.75, 3.05) is 0 Å². The summed E-state index contributed by atoms with van der Waals surface area (Å²) in [5, 5.41) is 14.8. The van der Waals surface area contributed by atoms with E-state index in [0.29, 0.717) is 21.5 Å². The molecule has 4 rings (SSSR count). The van der Waals surface area contributed by atoms with Crippen LogP contribution >= 0.6 is 11.6 Å². The predicted octanol–water partition coefficient (Wildman–Crippen LogP) is 4.28. The SMILES string of the molecule is O=C(NCc1ccccc1)c1c(O)c2ccccc2c(=O)n1-c1ccc(Cl)cc1. The van der Waals surface area contributed by atoms with Crippen molar-refractivity contribution >= 4 is 28.3 Å². The van der Waals surface area contributed by atoms with Crippen molar-refractivity contribution in [3.8, 4) is 11.4 Å². The first-order valence-electron chi connectivity index (χ1n) is 9.01. The summed E-state index contributed by atoms with van der Waals surface area (Å²) in [5.41, 5.74) is 0.823. The van der Waals surface area contributed by atoms with Crippen LogP contribution in [0, 0.1) is 0 Å². The van der Waals surface area contributed by atoms with E-state index in [1.54, 1.807) is 48.5 Å². The zero-order valence-electron chi connectivity index (χ0n) is 15.3. The molecule has 0 atom stereocenters. The van der Waals surface area contributed by atoms with Crippen molar-refractivity contribution in [1.29, 1.82) is 0 Å². The molecule has 0 saturated heterocycles. The second-order valence-corrected chi connectivity index (χ2v) is 6.96. The largest absolute Gasteiger partial charge is 0.505 e. The number of carbonyl (C=O) groups excluding carboxylic acids is 1. The van der Waals surface area contributed by atoms with Gasteiger partial charge in [-0.15, -0.1) is 0 Å². The summed E-state index contributed by atoms with van der Waals surface area (Å²) in [6, 6.07) is 22.6. The Bertz CT molecular complexity index is 1250. The lowest BCUT2D eigenvalue weighted by Crippen LogP contribution is -2.31. The summed E-state index contributed by atoms with van der Waals surface area (Å²) >= 11 is 5.97. The molecule has 1 amide bonds. The molecule has 0 unspecified atom stereocenters. The maximum atomic E-state index is 13.2. The van der Waals surface area contributed by atoms with Crippen LogP contribution in [0.4, 0.5) is 0 Å². The molecule has 0 bridgehead atoms. The Labute approximate surface area is 171 Å². The lowest BCUT2D eigenvalue weighted by molar-refractivity contribution is 0.0940. The number of halogens is 1. The van der Waals surface area contributed by atoms with Gasteiger partial charge in [-0.05, 0) is 35.9 Å². The third-order valence-corrected chi connectivity index (χ3v) is 4.91. The number of hydrogen-bond donors (Lipinski definition) is 2. The van der Waals surface area contributed by atoms with Crippen molar-refractivity contribution < 1.29 is 9.90 Å². The van der Waals surface area contributed by atoms with Gasteiger partial charge in [-0.25, -0.2) is 0 Å². The Hall–Kier alpha value is -3.57. The third-order valence-electron chi connectivity index (χ3n) is 4.66. The molecule has 0 spiro atoms. The predicted molar refractivity (Wildman–Crippen MR) is 114 cm³/mol. The number of rotatable bonds is 4. The first-order chi connectivity index (χ1) is 14.1. The van der Waals surface area contributed by atoms with Gasteiger partial charge in [0, 0.05) is 22.6 Å². The van der Waals surface area contributed by atoms with Crippen molar-refractivity contribution in [3.63, 3.8) is 0 Å². The van der Waals surface area contributed by atoms with Crippen molar-refractivity contribution in [1.82, 2.24) is 9.88 Å². The van der Waals surface area contributed by atoms with E-state index in [1.807, 2.05) is 30.3 Å². The average molecular weight is 405 g/mol. The average Bonchev–Trinajstić information content (AvgIpc) is 2.76. The maximum Gasteiger partial charge on any atom is 0.272 e. The summed E-state index contributed by atoms with van der Waals surface area (Å²) in [5.74, 6) is -0.801. The van der Waals surface area contributed by atoms with E-state index in [-0.39, 0.29) is 18.0 Å². The number of carbonyl (C=O) groups is 1. The topological polar surface area (TPSA) is 71.3 Å². The monoisotopic (exact) mass is 404 g/mol. The third kappa shape index (κ3) is 3.60. The van der Waals surface area contributed by atoms with Gasteiger partial charge in [0.25, 0.3) is 11.5 Å². The minimum Gasteiger partial charge on any atom is -0.505 e. The molecule has 29 heavy (non-hydrogen) atoms. The number of amides is 1. The number of nitrogens with one attached hydrogen (secondary N) is 1. The van der Waals surface area contributed by atoms with E-state index in [4.69, 9.17) is 11.6 Å². The van der Waals surface area contributed by atoms with Crippen LogP contribution < -0.4 is 10.9 Å². The molecule has 144 valence electrons. The number of nitrogens with zero attached hydrogens (tertiary/aromatic N) is 1. The molecule has 3 aromatic carbocycles. The minimum absolute atomic E-state index is 0.119. The van der Waals surface area contributed by atoms with Crippen molar-refractivity contribution in [2.24, 2.45) is 0 Å². The second kappa shape index (κ2) is 7.81. The standard InChI is InChI=1S/C23H17ClN2O3/c24-16-10-12-17(13-11-16)26-20(22(28)25-14-15-6-2-1-3-7-15)21(27)18-8-4-5-9-19(18)23(26)29/h1-13,27H,14H2,(H,25,28). The molecule has 1 aromatic heterocycles. The van der Waals surface area contributed by atoms with Crippen LogP contribution in [0.15, 0.2) is 83.7 Å². The van der Waals surface area contributed by atoms with Crippen LogP contribution in [0.25, 0.3) is 16.5 Å². The maximum absolute atomic E-state index is 13.2. The van der Waals surface area contributed by atoms with Gasteiger partial charge in [-0.2, -0.15) is 0 Å². The van der Waals surface area contributed by atoms with E-state index in [1.165, 1.54) is 4.57 Å². The van der Waals surface area contributed by atoms with E-state index in [0.717, 1.165) is 5.56 Å². The molecule has 0 saturated carbocycles. The number of pyridine rings is 1. The van der Waals surface area contributed by atoms with Crippen LogP contribution in [0.5, 0.6) is 5.75 Å². The van der Waals surface area contributed by atoms with Gasteiger partial charge in [-0.1, -0.05) is 60.1 Å². The van der Waals surface area contributed by atoms with Gasteiger partial charge in [-0.3, -0.25) is 14.2 Å². The first-order valence-corrected chi connectivity index (χ1v) is 9.39. The number of aromatic nitrogens is 1. The summed E-state index contributed by atoms with van der Waals surface area (Å²) in [7, 11) is 0. The zero-order chi connectivity index (χ0) is 20.4. The van der Waals surface area contributed by atoms with Crippen LogP contribution in [0.1, 0.15) is 16.1 Å². The highest BCUT2D eigenvalue weighted by Gasteiger charge is 2.22. The zero-order valence-corrected chi connectivity index (χ0v) is 16.1. The smallest absolute Gasteiger partial charge is 0.272 e. The molecule has 1 heterocycles. The fraction of sp³-hybridized carbons (Fsp3) is 0.0435. The molecule has 0 aliphatic rings. The van der Waals surface area contributed by atoms with Gasteiger partial charge < -0.3 is 10.4 Å². The van der Waals surface area contributed by atoms with Gasteiger partial charge in [0.1, 0.15) is 0 Å². The Morgan fingerprint density at radius 2 is 1.52 bits per heavy atom. The Balaban J connectivity index is 1.87. The quantitative estimate of drug-likeness (QED) is 0.533. The van der Waals surface area contributed by atoms with Crippen molar-refractivity contribution in [3.05, 3.63) is 105 Å². The number of fused-ring (bicyclic) bond motifs is 1. The van der Waals surface area contributed by atoms with Crippen molar-refractivity contribution in [2.45, 2.75) is 6.54 Å². The molecule has 6 heteroatoms. The fourth-order valence-corrected chi connectivity index (χ4v) is 3.37. The summed E-state index contributed by atoms with van der Waals surface area (Å²) in [6.45, 7) is 0.265. The molecule has 0 fully saturated rings. The highest BCUT2D eigenvalue weighted by molar-refractivity contribution is 6.30. The number of aromatic hydroxyl groups is 1. The van der Waals surface area contributed by atoms with Gasteiger partial charge in [0.15, 0.2) is 11.4 Å². The first kappa shape index (κ1) is 18.8. The molecule has 0 aliphatic carbocycles. The summed E-state index contributed by atoms with van der Waals surface area (Å²) in [4.78, 5) is 26.2. The molecule has 0 radical (unpaired) electrons. The molecule has 2 N–H and O–H groups in total. The Kier molecular flexibility index (Phi) is 5.06. The normalized spacial score (nSPS) is 10.8. The van der Waals surface area contributed by atoms with Gasteiger partial charge >= 0.3 is 0 Å². The Morgan fingerprint density at radius 3 is 2.21 bits per heavy atom. The van der Waals surface area contributed by atoms with Crippen LogP contribution in [0.2, 0.25) is 5.02 Å². The van der Waals surface area contributed by atoms with E-state index in [2.05, 4.69) is 5.32 Å². The fourth-order valence-electron chi connectivity index (χ4n) is 3.24. The molecular weight excluding hydrogens is 388 g/mol. The van der Waals surface area contributed by atoms with Crippen LogP contribution in [-0.4, -0.2) is 15.6 Å². The van der Waals surface area contributed by atoms with E-state index >= 15 is 0 Å². The van der Waals surface area contributed by atoms with Gasteiger partial charge in [0.2, 0.25) is 0 Å². The van der Waals surface area contributed by atoms with E-state index in [9.17, 15) is 14.7 Å². The highest BCUT2D eigenvalue weighted by atomic mass is 35.5. The Morgan fingerprint density at radius 1 is 0.897 bits per heavy atom. The number of hydrogen-bond acceptors (Lipinski definition) is 3. The van der Waals surface area contributed by atoms with Crippen LogP contribution in [0.3, 0.4) is 0 Å². The lowest BCUT2D eigenvalue weighted by atomic mass is 10.1. The second-order valence-electron chi connectivity index (χ2n) is 6.53.